The smallest absolute Gasteiger partial charge is 0.122 e. The zero-order valence-corrected chi connectivity index (χ0v) is 18.6. The van der Waals surface area contributed by atoms with E-state index in [1.807, 2.05) is 84.9 Å². The minimum Gasteiger partial charge on any atom is -0.507 e. The van der Waals surface area contributed by atoms with Gasteiger partial charge in [0.05, 0.1) is 13.2 Å². The van der Waals surface area contributed by atoms with Crippen LogP contribution in [-0.4, -0.2) is 11.7 Å². The standard InChI is InChI=1S/C30H28O3/c31-30-18-17-27(20-28(30)14-7-8-19-32-22-24-10-3-1-4-11-24)26-15-9-16-29(21-26)33-23-25-12-5-2-6-13-25/h1-7,9-18,20-21,31H,8,19,22-23H2/b14-7+. The minimum absolute atomic E-state index is 0.261. The van der Waals surface area contributed by atoms with E-state index in [-0.39, 0.29) is 5.75 Å². The number of ether oxygens (including phenoxy) is 2. The van der Waals surface area contributed by atoms with E-state index >= 15 is 0 Å². The SMILES string of the molecule is Oc1ccc(-c2cccc(OCc3ccccc3)c2)cc1/C=C/CCOCc1ccccc1. The van der Waals surface area contributed by atoms with Crippen LogP contribution in [0.5, 0.6) is 11.5 Å². The monoisotopic (exact) mass is 436 g/mol. The highest BCUT2D eigenvalue weighted by atomic mass is 16.5. The lowest BCUT2D eigenvalue weighted by atomic mass is 10.0. The average molecular weight is 437 g/mol. The molecule has 0 saturated heterocycles. The molecule has 3 nitrogen and oxygen atoms in total. The first-order valence-corrected chi connectivity index (χ1v) is 11.2. The van der Waals surface area contributed by atoms with Crippen molar-refractivity contribution in [2.75, 3.05) is 6.61 Å². The molecule has 0 aliphatic carbocycles. The van der Waals surface area contributed by atoms with Gasteiger partial charge in [0.1, 0.15) is 18.1 Å². The van der Waals surface area contributed by atoms with Crippen molar-refractivity contribution in [1.29, 1.82) is 0 Å². The van der Waals surface area contributed by atoms with E-state index in [0.717, 1.165) is 34.4 Å². The van der Waals surface area contributed by atoms with Crippen molar-refractivity contribution in [2.24, 2.45) is 0 Å². The van der Waals surface area contributed by atoms with Crippen molar-refractivity contribution in [3.8, 4) is 22.6 Å². The van der Waals surface area contributed by atoms with E-state index in [2.05, 4.69) is 24.3 Å². The highest BCUT2D eigenvalue weighted by molar-refractivity contribution is 5.71. The molecule has 0 aliphatic rings. The topological polar surface area (TPSA) is 38.7 Å². The van der Waals surface area contributed by atoms with Gasteiger partial charge in [0.25, 0.3) is 0 Å². The Balaban J connectivity index is 1.35. The molecule has 4 aromatic carbocycles. The second-order valence-corrected chi connectivity index (χ2v) is 7.80. The van der Waals surface area contributed by atoms with Crippen LogP contribution in [-0.2, 0) is 18.0 Å². The summed E-state index contributed by atoms with van der Waals surface area (Å²) < 4.78 is 11.7. The number of rotatable bonds is 10. The molecule has 0 unspecified atom stereocenters. The molecular formula is C30H28O3. The van der Waals surface area contributed by atoms with E-state index < -0.39 is 0 Å². The molecule has 33 heavy (non-hydrogen) atoms. The Morgan fingerprint density at radius 2 is 1.36 bits per heavy atom. The lowest BCUT2D eigenvalue weighted by Crippen LogP contribution is -1.95. The number of hydrogen-bond donors (Lipinski definition) is 1. The molecular weight excluding hydrogens is 408 g/mol. The molecule has 0 fully saturated rings. The molecule has 3 heteroatoms. The third-order valence-corrected chi connectivity index (χ3v) is 5.28. The lowest BCUT2D eigenvalue weighted by molar-refractivity contribution is 0.125. The fourth-order valence-corrected chi connectivity index (χ4v) is 3.50. The molecule has 0 atom stereocenters. The largest absolute Gasteiger partial charge is 0.507 e. The van der Waals surface area contributed by atoms with Crippen LogP contribution < -0.4 is 4.74 Å². The summed E-state index contributed by atoms with van der Waals surface area (Å²) >= 11 is 0. The van der Waals surface area contributed by atoms with Gasteiger partial charge in [-0.2, -0.15) is 0 Å². The number of phenolic OH excluding ortho intramolecular Hbond substituents is 1. The minimum atomic E-state index is 0.261. The van der Waals surface area contributed by atoms with Crippen LogP contribution in [0.1, 0.15) is 23.1 Å². The third-order valence-electron chi connectivity index (χ3n) is 5.28. The zero-order chi connectivity index (χ0) is 22.7. The molecule has 166 valence electrons. The van der Waals surface area contributed by atoms with Crippen molar-refractivity contribution < 1.29 is 14.6 Å². The van der Waals surface area contributed by atoms with Gasteiger partial charge in [0.15, 0.2) is 0 Å². The summed E-state index contributed by atoms with van der Waals surface area (Å²) in [5, 5.41) is 10.3. The Hall–Kier alpha value is -3.82. The molecule has 0 spiro atoms. The van der Waals surface area contributed by atoms with Crippen LogP contribution in [0.2, 0.25) is 0 Å². The van der Waals surface area contributed by atoms with Crippen LogP contribution in [0, 0.1) is 0 Å². The molecule has 0 radical (unpaired) electrons. The highest BCUT2D eigenvalue weighted by Gasteiger charge is 2.05. The average Bonchev–Trinajstić information content (AvgIpc) is 2.87. The normalized spacial score (nSPS) is 11.0. The molecule has 4 aromatic rings. The summed E-state index contributed by atoms with van der Waals surface area (Å²) in [4.78, 5) is 0. The zero-order valence-electron chi connectivity index (χ0n) is 18.6. The van der Waals surface area contributed by atoms with Gasteiger partial charge in [-0.1, -0.05) is 91.0 Å². The van der Waals surface area contributed by atoms with Crippen molar-refractivity contribution in [1.82, 2.24) is 0 Å². The molecule has 0 amide bonds. The van der Waals surface area contributed by atoms with Gasteiger partial charge in [-0.25, -0.2) is 0 Å². The van der Waals surface area contributed by atoms with Crippen molar-refractivity contribution in [2.45, 2.75) is 19.6 Å². The first-order valence-electron chi connectivity index (χ1n) is 11.2. The van der Waals surface area contributed by atoms with Gasteiger partial charge < -0.3 is 14.6 Å². The van der Waals surface area contributed by atoms with Gasteiger partial charge >= 0.3 is 0 Å². The van der Waals surface area contributed by atoms with Crippen LogP contribution in [0.3, 0.4) is 0 Å². The maximum Gasteiger partial charge on any atom is 0.122 e. The van der Waals surface area contributed by atoms with Crippen molar-refractivity contribution >= 4 is 6.08 Å². The maximum absolute atomic E-state index is 10.3. The second kappa shape index (κ2) is 11.7. The van der Waals surface area contributed by atoms with Crippen LogP contribution >= 0.6 is 0 Å². The molecule has 0 saturated carbocycles. The fraction of sp³-hybridized carbons (Fsp3) is 0.133. The second-order valence-electron chi connectivity index (χ2n) is 7.80. The number of benzene rings is 4. The van der Waals surface area contributed by atoms with Crippen LogP contribution in [0.4, 0.5) is 0 Å². The lowest BCUT2D eigenvalue weighted by Gasteiger charge is -2.10. The summed E-state index contributed by atoms with van der Waals surface area (Å²) in [6, 6.07) is 33.9. The number of phenols is 1. The van der Waals surface area contributed by atoms with E-state index in [0.29, 0.717) is 19.8 Å². The first-order chi connectivity index (χ1) is 16.3. The van der Waals surface area contributed by atoms with Gasteiger partial charge in [0.2, 0.25) is 0 Å². The molecule has 0 bridgehead atoms. The van der Waals surface area contributed by atoms with Crippen molar-refractivity contribution in [3.63, 3.8) is 0 Å². The summed E-state index contributed by atoms with van der Waals surface area (Å²) in [5.74, 6) is 1.08. The predicted molar refractivity (Wildman–Crippen MR) is 134 cm³/mol. The Morgan fingerprint density at radius 1 is 0.667 bits per heavy atom. The fourth-order valence-electron chi connectivity index (χ4n) is 3.50. The van der Waals surface area contributed by atoms with Crippen LogP contribution in [0.25, 0.3) is 17.2 Å². The number of hydrogen-bond acceptors (Lipinski definition) is 3. The Labute approximate surface area is 195 Å². The highest BCUT2D eigenvalue weighted by Crippen LogP contribution is 2.29. The van der Waals surface area contributed by atoms with Gasteiger partial charge in [-0.3, -0.25) is 0 Å². The van der Waals surface area contributed by atoms with Gasteiger partial charge in [0, 0.05) is 5.56 Å². The quantitative estimate of drug-likeness (QED) is 0.266. The van der Waals surface area contributed by atoms with E-state index in [9.17, 15) is 5.11 Å². The van der Waals surface area contributed by atoms with Gasteiger partial charge in [-0.15, -0.1) is 0 Å². The Kier molecular flexibility index (Phi) is 7.93. The molecule has 1 N–H and O–H groups in total. The molecule has 0 aliphatic heterocycles. The summed E-state index contributed by atoms with van der Waals surface area (Å²) in [5.41, 5.74) is 5.15. The Morgan fingerprint density at radius 3 is 2.12 bits per heavy atom. The van der Waals surface area contributed by atoms with Gasteiger partial charge in [-0.05, 0) is 52.9 Å². The molecule has 4 rings (SSSR count). The van der Waals surface area contributed by atoms with E-state index in [1.165, 1.54) is 5.56 Å². The molecule has 0 heterocycles. The van der Waals surface area contributed by atoms with Crippen molar-refractivity contribution in [3.05, 3.63) is 126 Å². The Bertz CT molecular complexity index is 1170. The summed E-state index contributed by atoms with van der Waals surface area (Å²) in [6.07, 6.45) is 4.75. The maximum atomic E-state index is 10.3. The third kappa shape index (κ3) is 6.83. The van der Waals surface area contributed by atoms with Crippen LogP contribution in [0.15, 0.2) is 109 Å². The summed E-state index contributed by atoms with van der Waals surface area (Å²) in [6.45, 7) is 1.77. The van der Waals surface area contributed by atoms with E-state index in [1.54, 1.807) is 6.07 Å². The first kappa shape index (κ1) is 22.4. The van der Waals surface area contributed by atoms with E-state index in [4.69, 9.17) is 9.47 Å². The predicted octanol–water partition coefficient (Wildman–Crippen LogP) is 7.26. The number of aromatic hydroxyl groups is 1. The summed E-state index contributed by atoms with van der Waals surface area (Å²) in [7, 11) is 0. The molecule has 0 aromatic heterocycles.